The third-order valence-corrected chi connectivity index (χ3v) is 5.38. The van der Waals surface area contributed by atoms with Crippen LogP contribution >= 0.6 is 11.6 Å². The second kappa shape index (κ2) is 5.68. The van der Waals surface area contributed by atoms with E-state index in [1.165, 1.54) is 11.1 Å². The van der Waals surface area contributed by atoms with Gasteiger partial charge in [-0.15, -0.1) is 0 Å². The number of fused-ring (bicyclic) bond motifs is 1. The molecule has 4 rings (SSSR count). The van der Waals surface area contributed by atoms with Crippen LogP contribution in [0, 0.1) is 12.8 Å². The van der Waals surface area contributed by atoms with Gasteiger partial charge in [0.1, 0.15) is 0 Å². The summed E-state index contributed by atoms with van der Waals surface area (Å²) in [4.78, 5) is 15.0. The van der Waals surface area contributed by atoms with E-state index in [1.807, 2.05) is 29.2 Å². The Morgan fingerprint density at radius 1 is 1.22 bits per heavy atom. The van der Waals surface area contributed by atoms with Crippen molar-refractivity contribution in [2.75, 3.05) is 11.4 Å². The Balaban J connectivity index is 1.57. The molecule has 1 heterocycles. The summed E-state index contributed by atoms with van der Waals surface area (Å²) in [7, 11) is 0. The zero-order valence-corrected chi connectivity index (χ0v) is 14.0. The van der Waals surface area contributed by atoms with Crippen LogP contribution < -0.4 is 4.90 Å². The lowest BCUT2D eigenvalue weighted by molar-refractivity contribution is -0.120. The van der Waals surface area contributed by atoms with E-state index in [0.29, 0.717) is 0 Å². The first-order valence-corrected chi connectivity index (χ1v) is 8.68. The van der Waals surface area contributed by atoms with Gasteiger partial charge in [-0.2, -0.15) is 0 Å². The molecule has 0 saturated heterocycles. The van der Waals surface area contributed by atoms with Crippen LogP contribution in [0.25, 0.3) is 0 Å². The van der Waals surface area contributed by atoms with Crippen LogP contribution in [-0.4, -0.2) is 12.5 Å². The molecule has 0 bridgehead atoms. The van der Waals surface area contributed by atoms with Gasteiger partial charge in [0.15, 0.2) is 0 Å². The smallest absolute Gasteiger partial charge is 0.230 e. The first kappa shape index (κ1) is 14.8. The van der Waals surface area contributed by atoms with Crippen LogP contribution in [0.3, 0.4) is 0 Å². The number of amides is 1. The highest BCUT2D eigenvalue weighted by molar-refractivity contribution is 6.31. The highest BCUT2D eigenvalue weighted by Gasteiger charge is 2.47. The Labute approximate surface area is 142 Å². The molecule has 0 spiro atoms. The van der Waals surface area contributed by atoms with Crippen molar-refractivity contribution >= 4 is 23.2 Å². The topological polar surface area (TPSA) is 20.3 Å². The van der Waals surface area contributed by atoms with Crippen molar-refractivity contribution in [3.8, 4) is 0 Å². The number of carbonyl (C=O) groups excluding carboxylic acids is 1. The summed E-state index contributed by atoms with van der Waals surface area (Å²) in [6.07, 6.45) is 3.03. The van der Waals surface area contributed by atoms with E-state index >= 15 is 0 Å². The molecule has 118 valence electrons. The van der Waals surface area contributed by atoms with Crippen molar-refractivity contribution in [2.45, 2.75) is 32.1 Å². The molecule has 1 fully saturated rings. The van der Waals surface area contributed by atoms with E-state index < -0.39 is 0 Å². The summed E-state index contributed by atoms with van der Waals surface area (Å²) in [6.45, 7) is 2.94. The van der Waals surface area contributed by atoms with Gasteiger partial charge in [-0.1, -0.05) is 47.5 Å². The molecule has 2 nitrogen and oxygen atoms in total. The molecule has 2 aliphatic rings. The maximum atomic E-state index is 13.0. The fraction of sp³-hybridized carbons (Fsp3) is 0.350. The average molecular weight is 326 g/mol. The van der Waals surface area contributed by atoms with Gasteiger partial charge in [-0.25, -0.2) is 0 Å². The first-order valence-electron chi connectivity index (χ1n) is 8.30. The van der Waals surface area contributed by atoms with Crippen molar-refractivity contribution in [3.63, 3.8) is 0 Å². The van der Waals surface area contributed by atoms with E-state index in [0.717, 1.165) is 42.1 Å². The van der Waals surface area contributed by atoms with Gasteiger partial charge >= 0.3 is 0 Å². The van der Waals surface area contributed by atoms with Gasteiger partial charge < -0.3 is 4.90 Å². The minimum absolute atomic E-state index is 0.0853. The van der Waals surface area contributed by atoms with Gasteiger partial charge in [0.05, 0.1) is 0 Å². The predicted molar refractivity (Wildman–Crippen MR) is 94.2 cm³/mol. The van der Waals surface area contributed by atoms with Crippen molar-refractivity contribution < 1.29 is 4.79 Å². The Morgan fingerprint density at radius 3 is 2.87 bits per heavy atom. The minimum atomic E-state index is 0.0853. The van der Waals surface area contributed by atoms with Crippen LogP contribution in [0.2, 0.25) is 5.02 Å². The van der Waals surface area contributed by atoms with E-state index in [2.05, 4.69) is 25.1 Å². The van der Waals surface area contributed by atoms with Crippen LogP contribution in [0.1, 0.15) is 35.4 Å². The fourth-order valence-corrected chi connectivity index (χ4v) is 4.02. The monoisotopic (exact) mass is 325 g/mol. The van der Waals surface area contributed by atoms with Gasteiger partial charge in [-0.3, -0.25) is 4.79 Å². The molecule has 2 unspecified atom stereocenters. The van der Waals surface area contributed by atoms with Crippen LogP contribution in [0.15, 0.2) is 42.5 Å². The number of rotatable bonds is 2. The molecule has 2 aromatic rings. The van der Waals surface area contributed by atoms with Crippen molar-refractivity contribution in [2.24, 2.45) is 5.92 Å². The molecule has 1 aliphatic carbocycles. The first-order chi connectivity index (χ1) is 11.1. The molecule has 2 atom stereocenters. The molecule has 3 heteroatoms. The number of halogens is 1. The van der Waals surface area contributed by atoms with Crippen molar-refractivity contribution in [1.82, 2.24) is 0 Å². The summed E-state index contributed by atoms with van der Waals surface area (Å²) >= 11 is 6.29. The molecule has 0 N–H and O–H groups in total. The largest absolute Gasteiger partial charge is 0.312 e. The van der Waals surface area contributed by atoms with Gasteiger partial charge in [-0.05, 0) is 55.4 Å². The molecule has 1 saturated carbocycles. The summed E-state index contributed by atoms with van der Waals surface area (Å²) in [5, 5.41) is 0.780. The number of hydrogen-bond donors (Lipinski definition) is 0. The molecule has 0 aromatic heterocycles. The van der Waals surface area contributed by atoms with Crippen molar-refractivity contribution in [3.05, 3.63) is 64.2 Å². The lowest BCUT2D eigenvalue weighted by Gasteiger charge is -2.30. The number of anilines is 1. The maximum Gasteiger partial charge on any atom is 0.230 e. The summed E-state index contributed by atoms with van der Waals surface area (Å²) < 4.78 is 0. The summed E-state index contributed by atoms with van der Waals surface area (Å²) in [6, 6.07) is 14.3. The third kappa shape index (κ3) is 2.66. The van der Waals surface area contributed by atoms with E-state index in [1.54, 1.807) is 0 Å². The van der Waals surface area contributed by atoms with E-state index in [-0.39, 0.29) is 17.7 Å². The fourth-order valence-electron chi connectivity index (χ4n) is 3.74. The lowest BCUT2D eigenvalue weighted by atomic mass is 9.99. The Hall–Kier alpha value is -1.80. The van der Waals surface area contributed by atoms with Crippen LogP contribution in [-0.2, 0) is 11.2 Å². The third-order valence-electron chi connectivity index (χ3n) is 5.03. The molecule has 2 aromatic carbocycles. The second-order valence-corrected chi connectivity index (χ2v) is 7.10. The lowest BCUT2D eigenvalue weighted by Crippen LogP contribution is -2.36. The predicted octanol–water partition coefficient (Wildman–Crippen LogP) is 4.73. The van der Waals surface area contributed by atoms with Crippen LogP contribution in [0.4, 0.5) is 5.69 Å². The maximum absolute atomic E-state index is 13.0. The normalized spacial score (nSPS) is 22.6. The van der Waals surface area contributed by atoms with Crippen molar-refractivity contribution in [1.29, 1.82) is 0 Å². The molecule has 1 amide bonds. The number of benzene rings is 2. The molecular weight excluding hydrogens is 306 g/mol. The van der Waals surface area contributed by atoms with Gasteiger partial charge in [0.25, 0.3) is 0 Å². The molecule has 23 heavy (non-hydrogen) atoms. The minimum Gasteiger partial charge on any atom is -0.312 e. The van der Waals surface area contributed by atoms with Gasteiger partial charge in [0.2, 0.25) is 5.91 Å². The highest BCUT2D eigenvalue weighted by atomic mass is 35.5. The number of aryl methyl sites for hydroxylation is 2. The Bertz CT molecular complexity index is 770. The summed E-state index contributed by atoms with van der Waals surface area (Å²) in [5.74, 6) is 0.633. The second-order valence-electron chi connectivity index (χ2n) is 6.70. The molecular formula is C20H20ClNO. The zero-order chi connectivity index (χ0) is 16.0. The average Bonchev–Trinajstić information content (AvgIpc) is 3.34. The number of nitrogens with zero attached hydrogens (tertiary/aromatic N) is 1. The van der Waals surface area contributed by atoms with Crippen LogP contribution in [0.5, 0.6) is 0 Å². The quantitative estimate of drug-likeness (QED) is 0.781. The van der Waals surface area contributed by atoms with E-state index in [9.17, 15) is 4.79 Å². The molecule has 0 radical (unpaired) electrons. The van der Waals surface area contributed by atoms with Gasteiger partial charge in [0, 0.05) is 23.2 Å². The Kier molecular flexibility index (Phi) is 3.65. The number of hydrogen-bond acceptors (Lipinski definition) is 1. The Morgan fingerprint density at radius 2 is 2.04 bits per heavy atom. The van der Waals surface area contributed by atoms with E-state index in [4.69, 9.17) is 11.6 Å². The highest BCUT2D eigenvalue weighted by Crippen LogP contribution is 2.51. The standard InChI is InChI=1S/C20H20ClNO/c1-13-8-9-19-14(11-13)5-4-10-22(19)20(23)17-12-16(17)15-6-2-3-7-18(15)21/h2-3,6-9,11,16-17H,4-5,10,12H2,1H3. The SMILES string of the molecule is Cc1ccc2c(c1)CCCN2C(=O)C1CC1c1ccccc1Cl. The molecule has 1 aliphatic heterocycles. The number of carbonyl (C=O) groups is 1. The summed E-state index contributed by atoms with van der Waals surface area (Å²) in [5.41, 5.74) is 4.79. The zero-order valence-electron chi connectivity index (χ0n) is 13.3.